The average Bonchev–Trinajstić information content (AvgIpc) is 2.79. The Kier molecular flexibility index (Phi) is 2.68. The fourth-order valence-electron chi connectivity index (χ4n) is 0.990. The van der Waals surface area contributed by atoms with Crippen molar-refractivity contribution in [3.05, 3.63) is 17.4 Å². The van der Waals surface area contributed by atoms with Crippen molar-refractivity contribution in [2.24, 2.45) is 7.05 Å². The molecule has 2 aromatic rings. The summed E-state index contributed by atoms with van der Waals surface area (Å²) in [6.45, 7) is 0. The molecule has 2 aromatic heterocycles. The van der Waals surface area contributed by atoms with E-state index in [9.17, 15) is 4.79 Å². The van der Waals surface area contributed by atoms with Crippen LogP contribution >= 0.6 is 11.3 Å². The molecule has 15 heavy (non-hydrogen) atoms. The standard InChI is InChI=1S/C7H8N6OS/c1-13-5(10-11-12-13)4-6(14)9-7-8-2-3-15-7/h2-3H,4H2,1H3,(H,8,9,14). The number of rotatable bonds is 3. The highest BCUT2D eigenvalue weighted by Gasteiger charge is 2.10. The molecular weight excluding hydrogens is 216 g/mol. The predicted molar refractivity (Wildman–Crippen MR) is 53.2 cm³/mol. The Balaban J connectivity index is 1.96. The zero-order valence-electron chi connectivity index (χ0n) is 7.91. The Morgan fingerprint density at radius 2 is 2.53 bits per heavy atom. The van der Waals surface area contributed by atoms with Gasteiger partial charge in [-0.05, 0) is 10.4 Å². The molecule has 2 heterocycles. The number of aryl methyl sites for hydroxylation is 1. The number of aromatic nitrogens is 5. The molecule has 1 N–H and O–H groups in total. The molecule has 8 heteroatoms. The lowest BCUT2D eigenvalue weighted by Crippen LogP contribution is -2.16. The molecule has 0 radical (unpaired) electrons. The maximum absolute atomic E-state index is 11.5. The van der Waals surface area contributed by atoms with Gasteiger partial charge in [0.1, 0.15) is 0 Å². The van der Waals surface area contributed by atoms with Crippen molar-refractivity contribution in [2.75, 3.05) is 5.32 Å². The third-order valence-electron chi connectivity index (χ3n) is 1.71. The summed E-state index contributed by atoms with van der Waals surface area (Å²) in [6.07, 6.45) is 1.77. The minimum absolute atomic E-state index is 0.142. The minimum atomic E-state index is -0.178. The summed E-state index contributed by atoms with van der Waals surface area (Å²) in [6, 6.07) is 0. The Bertz CT molecular complexity index is 450. The van der Waals surface area contributed by atoms with Crippen molar-refractivity contribution in [1.29, 1.82) is 0 Å². The SMILES string of the molecule is Cn1nnnc1CC(=O)Nc1nccs1. The molecule has 7 nitrogen and oxygen atoms in total. The lowest BCUT2D eigenvalue weighted by molar-refractivity contribution is -0.115. The molecule has 2 rings (SSSR count). The number of hydrogen-bond acceptors (Lipinski definition) is 6. The fraction of sp³-hybridized carbons (Fsp3) is 0.286. The number of anilines is 1. The van der Waals surface area contributed by atoms with Gasteiger partial charge in [0.2, 0.25) is 5.91 Å². The Hall–Kier alpha value is -1.83. The molecule has 0 unspecified atom stereocenters. The number of hydrogen-bond donors (Lipinski definition) is 1. The van der Waals surface area contributed by atoms with E-state index in [2.05, 4.69) is 25.8 Å². The van der Waals surface area contributed by atoms with Crippen LogP contribution in [0.1, 0.15) is 5.82 Å². The van der Waals surface area contributed by atoms with Crippen molar-refractivity contribution in [2.45, 2.75) is 6.42 Å². The quantitative estimate of drug-likeness (QED) is 0.783. The molecule has 1 amide bonds. The van der Waals surface area contributed by atoms with Crippen molar-refractivity contribution >= 4 is 22.4 Å². The molecule has 0 saturated carbocycles. The lowest BCUT2D eigenvalue weighted by Gasteiger charge is -1.99. The third kappa shape index (κ3) is 2.34. The van der Waals surface area contributed by atoms with Crippen molar-refractivity contribution in [3.63, 3.8) is 0 Å². The van der Waals surface area contributed by atoms with Crippen LogP contribution in [0.5, 0.6) is 0 Å². The maximum atomic E-state index is 11.5. The Morgan fingerprint density at radius 1 is 1.67 bits per heavy atom. The number of carbonyl (C=O) groups is 1. The zero-order valence-corrected chi connectivity index (χ0v) is 8.73. The Morgan fingerprint density at radius 3 is 3.13 bits per heavy atom. The second-order valence-electron chi connectivity index (χ2n) is 2.78. The minimum Gasteiger partial charge on any atom is -0.302 e. The van der Waals surface area contributed by atoms with Crippen LogP contribution in [-0.4, -0.2) is 31.1 Å². The first-order chi connectivity index (χ1) is 7.25. The number of carbonyl (C=O) groups excluding carboxylic acids is 1. The van der Waals surface area contributed by atoms with Crippen molar-refractivity contribution in [3.8, 4) is 0 Å². The zero-order chi connectivity index (χ0) is 10.7. The van der Waals surface area contributed by atoms with Crippen LogP contribution in [0.2, 0.25) is 0 Å². The number of nitrogens with zero attached hydrogens (tertiary/aromatic N) is 5. The third-order valence-corrected chi connectivity index (χ3v) is 2.39. The number of nitrogens with one attached hydrogen (secondary N) is 1. The van der Waals surface area contributed by atoms with Crippen LogP contribution < -0.4 is 5.32 Å². The van der Waals surface area contributed by atoms with Gasteiger partial charge in [0.15, 0.2) is 11.0 Å². The average molecular weight is 224 g/mol. The molecule has 0 fully saturated rings. The molecule has 0 aliphatic rings. The molecular formula is C7H8N6OS. The van der Waals surface area contributed by atoms with Crippen LogP contribution in [0.15, 0.2) is 11.6 Å². The van der Waals surface area contributed by atoms with Crippen LogP contribution in [0, 0.1) is 0 Å². The molecule has 0 atom stereocenters. The monoisotopic (exact) mass is 224 g/mol. The number of amides is 1. The van der Waals surface area contributed by atoms with Crippen LogP contribution in [0.4, 0.5) is 5.13 Å². The summed E-state index contributed by atoms with van der Waals surface area (Å²) in [5.74, 6) is 0.340. The van der Waals surface area contributed by atoms with Crippen molar-refractivity contribution < 1.29 is 4.79 Å². The second-order valence-corrected chi connectivity index (χ2v) is 3.68. The first kappa shape index (κ1) is 9.71. The number of thiazole rings is 1. The predicted octanol–water partition coefficient (Wildman–Crippen LogP) is -0.152. The molecule has 0 bridgehead atoms. The summed E-state index contributed by atoms with van der Waals surface area (Å²) >= 11 is 1.37. The maximum Gasteiger partial charge on any atom is 0.233 e. The van der Waals surface area contributed by atoms with Crippen molar-refractivity contribution in [1.82, 2.24) is 25.2 Å². The Labute approximate surface area is 89.1 Å². The highest BCUT2D eigenvalue weighted by atomic mass is 32.1. The van der Waals surface area contributed by atoms with E-state index >= 15 is 0 Å². The van der Waals surface area contributed by atoms with Gasteiger partial charge in [-0.2, -0.15) is 0 Å². The normalized spacial score (nSPS) is 10.2. The topological polar surface area (TPSA) is 85.6 Å². The molecule has 0 aliphatic heterocycles. The molecule has 0 aliphatic carbocycles. The molecule has 0 aromatic carbocycles. The second kappa shape index (κ2) is 4.13. The van der Waals surface area contributed by atoms with E-state index in [-0.39, 0.29) is 12.3 Å². The summed E-state index contributed by atoms with van der Waals surface area (Å²) in [5, 5.41) is 15.8. The van der Waals surface area contributed by atoms with Gasteiger partial charge in [-0.3, -0.25) is 4.79 Å². The first-order valence-electron chi connectivity index (χ1n) is 4.16. The first-order valence-corrected chi connectivity index (χ1v) is 5.04. The van der Waals surface area contributed by atoms with Gasteiger partial charge < -0.3 is 5.32 Å². The van der Waals surface area contributed by atoms with E-state index in [0.717, 1.165) is 0 Å². The highest BCUT2D eigenvalue weighted by Crippen LogP contribution is 2.10. The van der Waals surface area contributed by atoms with E-state index in [1.807, 2.05) is 0 Å². The summed E-state index contributed by atoms with van der Waals surface area (Å²) < 4.78 is 1.46. The lowest BCUT2D eigenvalue weighted by atomic mass is 10.4. The summed E-state index contributed by atoms with van der Waals surface area (Å²) in [5.41, 5.74) is 0. The van der Waals surface area contributed by atoms with Gasteiger partial charge in [0, 0.05) is 18.6 Å². The highest BCUT2D eigenvalue weighted by molar-refractivity contribution is 7.13. The fourth-order valence-corrected chi connectivity index (χ4v) is 1.54. The molecule has 78 valence electrons. The van der Waals surface area contributed by atoms with Gasteiger partial charge >= 0.3 is 0 Å². The van der Waals surface area contributed by atoms with E-state index in [0.29, 0.717) is 11.0 Å². The van der Waals surface area contributed by atoms with E-state index in [1.165, 1.54) is 16.0 Å². The molecule has 0 saturated heterocycles. The van der Waals surface area contributed by atoms with Crippen LogP contribution in [0.25, 0.3) is 0 Å². The largest absolute Gasteiger partial charge is 0.302 e. The number of tetrazole rings is 1. The van der Waals surface area contributed by atoms with Gasteiger partial charge in [-0.25, -0.2) is 9.67 Å². The smallest absolute Gasteiger partial charge is 0.233 e. The van der Waals surface area contributed by atoms with Gasteiger partial charge in [0.25, 0.3) is 0 Å². The van der Waals surface area contributed by atoms with E-state index < -0.39 is 0 Å². The van der Waals surface area contributed by atoms with E-state index in [4.69, 9.17) is 0 Å². The van der Waals surface area contributed by atoms with Crippen LogP contribution in [-0.2, 0) is 18.3 Å². The van der Waals surface area contributed by atoms with Gasteiger partial charge in [-0.15, -0.1) is 16.4 Å². The van der Waals surface area contributed by atoms with Gasteiger partial charge in [-0.1, -0.05) is 0 Å². The molecule has 0 spiro atoms. The van der Waals surface area contributed by atoms with Crippen LogP contribution in [0.3, 0.4) is 0 Å². The summed E-state index contributed by atoms with van der Waals surface area (Å²) in [7, 11) is 1.69. The van der Waals surface area contributed by atoms with E-state index in [1.54, 1.807) is 18.6 Å². The summed E-state index contributed by atoms with van der Waals surface area (Å²) in [4.78, 5) is 15.4. The van der Waals surface area contributed by atoms with Gasteiger partial charge in [0.05, 0.1) is 6.42 Å².